The molecule has 0 bridgehead atoms. The Morgan fingerprint density at radius 2 is 2.08 bits per heavy atom. The summed E-state index contributed by atoms with van der Waals surface area (Å²) in [5.41, 5.74) is 4.67. The van der Waals surface area contributed by atoms with Crippen LogP contribution in [0.3, 0.4) is 0 Å². The van der Waals surface area contributed by atoms with E-state index >= 15 is 0 Å². The Morgan fingerprint density at radius 3 is 2.76 bits per heavy atom. The van der Waals surface area contributed by atoms with Crippen LogP contribution in [0, 0.1) is 13.8 Å². The number of amides is 1. The summed E-state index contributed by atoms with van der Waals surface area (Å²) in [6, 6.07) is 9.07. The van der Waals surface area contributed by atoms with Crippen LogP contribution in [0.25, 0.3) is 0 Å². The quantitative estimate of drug-likeness (QED) is 0.781. The highest BCUT2D eigenvalue weighted by Gasteiger charge is 2.28. The lowest BCUT2D eigenvalue weighted by Gasteiger charge is -2.28. The Morgan fingerprint density at radius 1 is 1.32 bits per heavy atom. The molecular weight excluding hydrogens is 316 g/mol. The molecule has 0 radical (unpaired) electrons. The molecule has 0 saturated heterocycles. The van der Waals surface area contributed by atoms with Crippen LogP contribution < -0.4 is 5.32 Å². The van der Waals surface area contributed by atoms with E-state index in [1.807, 2.05) is 26.0 Å². The van der Waals surface area contributed by atoms with Gasteiger partial charge in [-0.3, -0.25) is 4.79 Å². The number of carbonyl (C=O) groups excluding carboxylic acids is 1. The molecule has 25 heavy (non-hydrogen) atoms. The van der Waals surface area contributed by atoms with E-state index in [0.717, 1.165) is 30.7 Å². The van der Waals surface area contributed by atoms with Gasteiger partial charge in [0.15, 0.2) is 0 Å². The molecule has 2 atom stereocenters. The zero-order valence-corrected chi connectivity index (χ0v) is 14.6. The second-order valence-electron chi connectivity index (χ2n) is 6.88. The predicted molar refractivity (Wildman–Crippen MR) is 95.9 cm³/mol. The zero-order chi connectivity index (χ0) is 18.0. The summed E-state index contributed by atoms with van der Waals surface area (Å²) in [5, 5.41) is 12.3. The van der Waals surface area contributed by atoms with Crippen LogP contribution >= 0.6 is 0 Å². The SMILES string of the molecule is Cc1cc(C(=O)NC(CC2CCCc3ccccc32)C(=O)O)c(C)[nH]1. The minimum absolute atomic E-state index is 0.167. The number of aromatic amines is 1. The summed E-state index contributed by atoms with van der Waals surface area (Å²) in [6.45, 7) is 3.69. The van der Waals surface area contributed by atoms with Gasteiger partial charge in [-0.2, -0.15) is 0 Å². The molecule has 1 heterocycles. The van der Waals surface area contributed by atoms with Crippen molar-refractivity contribution in [3.63, 3.8) is 0 Å². The Balaban J connectivity index is 1.76. The van der Waals surface area contributed by atoms with E-state index in [0.29, 0.717) is 12.0 Å². The molecule has 3 rings (SSSR count). The number of benzene rings is 1. The summed E-state index contributed by atoms with van der Waals surface area (Å²) >= 11 is 0. The highest BCUT2D eigenvalue weighted by molar-refractivity contribution is 5.97. The third kappa shape index (κ3) is 3.76. The monoisotopic (exact) mass is 340 g/mol. The molecule has 1 aromatic carbocycles. The van der Waals surface area contributed by atoms with Crippen molar-refractivity contribution in [2.24, 2.45) is 0 Å². The molecule has 0 fully saturated rings. The van der Waals surface area contributed by atoms with Gasteiger partial charge in [-0.1, -0.05) is 24.3 Å². The topological polar surface area (TPSA) is 82.2 Å². The Bertz CT molecular complexity index is 794. The van der Waals surface area contributed by atoms with Crippen molar-refractivity contribution in [3.05, 3.63) is 58.4 Å². The number of aryl methyl sites for hydroxylation is 3. The number of nitrogens with one attached hydrogen (secondary N) is 2. The highest BCUT2D eigenvalue weighted by Crippen LogP contribution is 2.34. The molecule has 2 unspecified atom stereocenters. The minimum atomic E-state index is -0.985. The summed E-state index contributed by atoms with van der Waals surface area (Å²) in [7, 11) is 0. The van der Waals surface area contributed by atoms with Gasteiger partial charge in [0.25, 0.3) is 5.91 Å². The maximum Gasteiger partial charge on any atom is 0.326 e. The van der Waals surface area contributed by atoms with Crippen LogP contribution in [0.2, 0.25) is 0 Å². The number of carboxylic acids is 1. The number of H-pyrrole nitrogens is 1. The van der Waals surface area contributed by atoms with Gasteiger partial charge in [0, 0.05) is 11.4 Å². The normalized spacial score (nSPS) is 17.6. The van der Waals surface area contributed by atoms with Crippen LogP contribution in [-0.4, -0.2) is 28.0 Å². The van der Waals surface area contributed by atoms with E-state index in [1.54, 1.807) is 6.07 Å². The molecule has 5 heteroatoms. The lowest BCUT2D eigenvalue weighted by molar-refractivity contribution is -0.139. The van der Waals surface area contributed by atoms with E-state index in [1.165, 1.54) is 11.1 Å². The molecule has 2 aromatic rings. The molecule has 1 aliphatic carbocycles. The number of aromatic nitrogens is 1. The molecule has 1 aromatic heterocycles. The number of carbonyl (C=O) groups is 2. The number of rotatable bonds is 5. The van der Waals surface area contributed by atoms with Crippen LogP contribution in [-0.2, 0) is 11.2 Å². The first kappa shape index (κ1) is 17.3. The molecule has 5 nitrogen and oxygen atoms in total. The van der Waals surface area contributed by atoms with E-state index in [2.05, 4.69) is 22.4 Å². The molecule has 0 saturated carbocycles. The molecule has 1 aliphatic rings. The van der Waals surface area contributed by atoms with Gasteiger partial charge >= 0.3 is 5.97 Å². The third-order valence-corrected chi connectivity index (χ3v) is 5.01. The van der Waals surface area contributed by atoms with Crippen molar-refractivity contribution in [2.45, 2.75) is 51.5 Å². The third-order valence-electron chi connectivity index (χ3n) is 5.01. The predicted octanol–water partition coefficient (Wildman–Crippen LogP) is 3.32. The molecule has 0 aliphatic heterocycles. The van der Waals surface area contributed by atoms with Crippen molar-refractivity contribution < 1.29 is 14.7 Å². The number of fused-ring (bicyclic) bond motifs is 1. The Labute approximate surface area is 147 Å². The van der Waals surface area contributed by atoms with Crippen molar-refractivity contribution in [2.75, 3.05) is 0 Å². The van der Waals surface area contributed by atoms with E-state index in [9.17, 15) is 14.7 Å². The summed E-state index contributed by atoms with van der Waals surface area (Å²) in [6.07, 6.45) is 3.47. The fourth-order valence-corrected chi connectivity index (χ4v) is 3.80. The van der Waals surface area contributed by atoms with Gasteiger partial charge in [0.05, 0.1) is 5.56 Å². The largest absolute Gasteiger partial charge is 0.480 e. The number of hydrogen-bond donors (Lipinski definition) is 3. The summed E-state index contributed by atoms with van der Waals surface area (Å²) in [4.78, 5) is 27.3. The van der Waals surface area contributed by atoms with Crippen molar-refractivity contribution in [3.8, 4) is 0 Å². The first-order valence-electron chi connectivity index (χ1n) is 8.73. The second-order valence-corrected chi connectivity index (χ2v) is 6.88. The van der Waals surface area contributed by atoms with E-state index in [4.69, 9.17) is 0 Å². The maximum atomic E-state index is 12.5. The number of carboxylic acid groups (broad SMARTS) is 1. The maximum absolute atomic E-state index is 12.5. The van der Waals surface area contributed by atoms with Gasteiger partial charge in [-0.25, -0.2) is 4.79 Å². The first-order valence-corrected chi connectivity index (χ1v) is 8.73. The second kappa shape index (κ2) is 7.13. The Kier molecular flexibility index (Phi) is 4.93. The molecule has 0 spiro atoms. The summed E-state index contributed by atoms with van der Waals surface area (Å²) < 4.78 is 0. The van der Waals surface area contributed by atoms with E-state index in [-0.39, 0.29) is 11.8 Å². The van der Waals surface area contributed by atoms with Gasteiger partial charge < -0.3 is 15.4 Å². The van der Waals surface area contributed by atoms with Crippen LogP contribution in [0.4, 0.5) is 0 Å². The van der Waals surface area contributed by atoms with E-state index < -0.39 is 12.0 Å². The smallest absolute Gasteiger partial charge is 0.326 e. The first-order chi connectivity index (χ1) is 12.0. The average Bonchev–Trinajstić information content (AvgIpc) is 2.93. The fraction of sp³-hybridized carbons (Fsp3) is 0.400. The van der Waals surface area contributed by atoms with Crippen LogP contribution in [0.5, 0.6) is 0 Å². The van der Waals surface area contributed by atoms with Gasteiger partial charge in [-0.15, -0.1) is 0 Å². The molecule has 1 amide bonds. The average molecular weight is 340 g/mol. The minimum Gasteiger partial charge on any atom is -0.480 e. The standard InChI is InChI=1S/C20H24N2O3/c1-12-10-17(13(2)21-12)19(23)22-18(20(24)25)11-15-8-5-7-14-6-3-4-9-16(14)15/h3-4,6,9-10,15,18,21H,5,7-8,11H2,1-2H3,(H,22,23)(H,24,25). The molecule has 3 N–H and O–H groups in total. The van der Waals surface area contributed by atoms with Crippen molar-refractivity contribution in [1.29, 1.82) is 0 Å². The number of hydrogen-bond acceptors (Lipinski definition) is 2. The highest BCUT2D eigenvalue weighted by atomic mass is 16.4. The summed E-state index contributed by atoms with van der Waals surface area (Å²) in [5.74, 6) is -1.15. The molecule has 132 valence electrons. The van der Waals surface area contributed by atoms with Gasteiger partial charge in [-0.05, 0) is 62.6 Å². The lowest BCUT2D eigenvalue weighted by atomic mass is 9.79. The zero-order valence-electron chi connectivity index (χ0n) is 14.6. The van der Waals surface area contributed by atoms with Gasteiger partial charge in [0.1, 0.15) is 6.04 Å². The van der Waals surface area contributed by atoms with Crippen LogP contribution in [0.1, 0.15) is 58.1 Å². The Hall–Kier alpha value is -2.56. The van der Waals surface area contributed by atoms with Gasteiger partial charge in [0.2, 0.25) is 0 Å². The fourth-order valence-electron chi connectivity index (χ4n) is 3.80. The van der Waals surface area contributed by atoms with Crippen molar-refractivity contribution in [1.82, 2.24) is 10.3 Å². The van der Waals surface area contributed by atoms with Crippen LogP contribution in [0.15, 0.2) is 30.3 Å². The van der Waals surface area contributed by atoms with Crippen molar-refractivity contribution >= 4 is 11.9 Å². The molecular formula is C20H24N2O3. The number of aliphatic carboxylic acids is 1. The lowest BCUT2D eigenvalue weighted by Crippen LogP contribution is -2.42.